The summed E-state index contributed by atoms with van der Waals surface area (Å²) in [5.41, 5.74) is 0.399. The summed E-state index contributed by atoms with van der Waals surface area (Å²) in [6, 6.07) is 6.06. The molecule has 0 aliphatic carbocycles. The van der Waals surface area contributed by atoms with Crippen LogP contribution >= 0.6 is 0 Å². The number of hydrogen-bond donors (Lipinski definition) is 3. The average molecular weight is 322 g/mol. The first kappa shape index (κ1) is 18.1. The molecule has 0 fully saturated rings. The topological polar surface area (TPSA) is 122 Å². The predicted molar refractivity (Wildman–Crippen MR) is 80.0 cm³/mol. The molecule has 23 heavy (non-hydrogen) atoms. The van der Waals surface area contributed by atoms with Crippen molar-refractivity contribution in [3.8, 4) is 5.75 Å². The summed E-state index contributed by atoms with van der Waals surface area (Å²) in [6.45, 7) is 1.15. The van der Waals surface area contributed by atoms with Gasteiger partial charge in [0.2, 0.25) is 5.91 Å². The van der Waals surface area contributed by atoms with Crippen LogP contribution in [0.25, 0.3) is 0 Å². The lowest BCUT2D eigenvalue weighted by Gasteiger charge is -2.06. The fourth-order valence-corrected chi connectivity index (χ4v) is 1.66. The van der Waals surface area contributed by atoms with Crippen molar-refractivity contribution in [2.24, 2.45) is 0 Å². The van der Waals surface area contributed by atoms with Gasteiger partial charge in [0.1, 0.15) is 12.3 Å². The molecule has 0 bridgehead atoms. The minimum Gasteiger partial charge on any atom is -0.480 e. The number of aliphatic carboxylic acids is 1. The van der Waals surface area contributed by atoms with Crippen LogP contribution in [0.1, 0.15) is 30.1 Å². The maximum Gasteiger partial charge on any atom is 0.322 e. The van der Waals surface area contributed by atoms with Gasteiger partial charge in [0.05, 0.1) is 0 Å². The molecule has 0 radical (unpaired) electrons. The van der Waals surface area contributed by atoms with Crippen molar-refractivity contribution in [2.75, 3.05) is 13.1 Å². The molecule has 0 saturated heterocycles. The monoisotopic (exact) mass is 322 g/mol. The second kappa shape index (κ2) is 9.19. The first-order chi connectivity index (χ1) is 10.9. The Morgan fingerprint density at radius 3 is 2.30 bits per heavy atom. The van der Waals surface area contributed by atoms with Crippen molar-refractivity contribution in [1.29, 1.82) is 0 Å². The Kier molecular flexibility index (Phi) is 7.25. The van der Waals surface area contributed by atoms with E-state index in [-0.39, 0.29) is 24.8 Å². The minimum atomic E-state index is -1.11. The number of hydrogen-bond acceptors (Lipinski definition) is 5. The quantitative estimate of drug-likeness (QED) is 0.360. The maximum absolute atomic E-state index is 11.8. The highest BCUT2D eigenvalue weighted by Crippen LogP contribution is 2.12. The fraction of sp³-hybridized carbons (Fsp3) is 0.333. The molecule has 124 valence electrons. The van der Waals surface area contributed by atoms with Crippen molar-refractivity contribution in [1.82, 2.24) is 10.6 Å². The van der Waals surface area contributed by atoms with Gasteiger partial charge in [-0.2, -0.15) is 0 Å². The lowest BCUT2D eigenvalue weighted by atomic mass is 10.2. The van der Waals surface area contributed by atoms with E-state index >= 15 is 0 Å². The lowest BCUT2D eigenvalue weighted by Crippen LogP contribution is -2.30. The van der Waals surface area contributed by atoms with E-state index in [0.29, 0.717) is 17.7 Å². The summed E-state index contributed by atoms with van der Waals surface area (Å²) >= 11 is 0. The van der Waals surface area contributed by atoms with Crippen LogP contribution in [0.5, 0.6) is 5.75 Å². The third-order valence-electron chi connectivity index (χ3n) is 2.68. The molecule has 8 heteroatoms. The Morgan fingerprint density at radius 1 is 1.09 bits per heavy atom. The Hall–Kier alpha value is -2.90. The second-order valence-corrected chi connectivity index (χ2v) is 4.65. The van der Waals surface area contributed by atoms with Gasteiger partial charge in [-0.05, 0) is 30.7 Å². The normalized spacial score (nSPS) is 9.78. The summed E-state index contributed by atoms with van der Waals surface area (Å²) in [7, 11) is 0. The van der Waals surface area contributed by atoms with E-state index in [9.17, 15) is 19.2 Å². The van der Waals surface area contributed by atoms with Crippen molar-refractivity contribution < 1.29 is 29.0 Å². The van der Waals surface area contributed by atoms with E-state index in [1.54, 1.807) is 0 Å². The number of benzene rings is 1. The van der Waals surface area contributed by atoms with Gasteiger partial charge in [0.15, 0.2) is 0 Å². The van der Waals surface area contributed by atoms with Crippen LogP contribution in [-0.2, 0) is 14.4 Å². The molecule has 0 unspecified atom stereocenters. The number of amides is 2. The van der Waals surface area contributed by atoms with E-state index in [2.05, 4.69) is 10.6 Å². The van der Waals surface area contributed by atoms with Gasteiger partial charge in [-0.15, -0.1) is 0 Å². The van der Waals surface area contributed by atoms with Gasteiger partial charge in [-0.3, -0.25) is 19.2 Å². The molecule has 0 atom stereocenters. The SMILES string of the molecule is CC(=O)Oc1ccc(C(=O)NCCCC(=O)NCC(=O)O)cc1. The van der Waals surface area contributed by atoms with Crippen LogP contribution in [-0.4, -0.2) is 41.9 Å². The number of carbonyl (C=O) groups excluding carboxylic acids is 3. The standard InChI is InChI=1S/C15H18N2O6/c1-10(18)23-12-6-4-11(5-7-12)15(22)16-8-2-3-13(19)17-9-14(20)21/h4-7H,2-3,8-9H2,1H3,(H,16,22)(H,17,19)(H,20,21). The van der Waals surface area contributed by atoms with Crippen LogP contribution in [0.3, 0.4) is 0 Å². The Bertz CT molecular complexity index is 582. The molecular formula is C15H18N2O6. The molecule has 8 nitrogen and oxygen atoms in total. The van der Waals surface area contributed by atoms with Crippen molar-refractivity contribution in [2.45, 2.75) is 19.8 Å². The molecule has 0 saturated carbocycles. The summed E-state index contributed by atoms with van der Waals surface area (Å²) in [6.07, 6.45) is 0.516. The molecule has 1 rings (SSSR count). The highest BCUT2D eigenvalue weighted by Gasteiger charge is 2.07. The van der Waals surface area contributed by atoms with Crippen LogP contribution in [0.4, 0.5) is 0 Å². The molecular weight excluding hydrogens is 304 g/mol. The number of esters is 1. The number of carbonyl (C=O) groups is 4. The summed E-state index contributed by atoms with van der Waals surface area (Å²) in [4.78, 5) is 44.1. The van der Waals surface area contributed by atoms with Crippen molar-refractivity contribution in [3.05, 3.63) is 29.8 Å². The number of carboxylic acid groups (broad SMARTS) is 1. The van der Waals surface area contributed by atoms with Crippen LogP contribution in [0, 0.1) is 0 Å². The third kappa shape index (κ3) is 7.60. The molecule has 0 aliphatic rings. The first-order valence-electron chi connectivity index (χ1n) is 6.93. The van der Waals surface area contributed by atoms with E-state index in [0.717, 1.165) is 0 Å². The fourth-order valence-electron chi connectivity index (χ4n) is 1.66. The van der Waals surface area contributed by atoms with Gasteiger partial charge in [-0.25, -0.2) is 0 Å². The molecule has 3 N–H and O–H groups in total. The molecule has 0 heterocycles. The number of nitrogens with one attached hydrogen (secondary N) is 2. The predicted octanol–water partition coefficient (Wildman–Crippen LogP) is 0.323. The molecule has 1 aromatic carbocycles. The molecule has 0 aromatic heterocycles. The zero-order valence-corrected chi connectivity index (χ0v) is 12.6. The Morgan fingerprint density at radius 2 is 1.74 bits per heavy atom. The number of carboxylic acids is 1. The molecule has 0 spiro atoms. The zero-order valence-electron chi connectivity index (χ0n) is 12.6. The van der Waals surface area contributed by atoms with Crippen molar-refractivity contribution >= 4 is 23.8 Å². The van der Waals surface area contributed by atoms with Gasteiger partial charge in [-0.1, -0.05) is 0 Å². The van der Waals surface area contributed by atoms with Crippen LogP contribution in [0.15, 0.2) is 24.3 Å². The smallest absolute Gasteiger partial charge is 0.322 e. The van der Waals surface area contributed by atoms with Gasteiger partial charge in [0, 0.05) is 25.5 Å². The number of ether oxygens (including phenoxy) is 1. The molecule has 0 aliphatic heterocycles. The van der Waals surface area contributed by atoms with E-state index < -0.39 is 18.5 Å². The largest absolute Gasteiger partial charge is 0.480 e. The molecule has 2 amide bonds. The van der Waals surface area contributed by atoms with E-state index in [1.807, 2.05) is 0 Å². The van der Waals surface area contributed by atoms with Crippen molar-refractivity contribution in [3.63, 3.8) is 0 Å². The second-order valence-electron chi connectivity index (χ2n) is 4.65. The third-order valence-corrected chi connectivity index (χ3v) is 2.68. The van der Waals surface area contributed by atoms with Crippen LogP contribution in [0.2, 0.25) is 0 Å². The summed E-state index contributed by atoms with van der Waals surface area (Å²) in [5, 5.41) is 13.3. The highest BCUT2D eigenvalue weighted by molar-refractivity contribution is 5.94. The van der Waals surface area contributed by atoms with E-state index in [1.165, 1.54) is 31.2 Å². The average Bonchev–Trinajstić information content (AvgIpc) is 2.49. The van der Waals surface area contributed by atoms with Gasteiger partial charge < -0.3 is 20.5 Å². The summed E-state index contributed by atoms with van der Waals surface area (Å²) in [5.74, 6) is -1.89. The first-order valence-corrected chi connectivity index (χ1v) is 6.93. The number of rotatable bonds is 8. The van der Waals surface area contributed by atoms with Crippen LogP contribution < -0.4 is 15.4 Å². The lowest BCUT2D eigenvalue weighted by molar-refractivity contribution is -0.138. The molecule has 1 aromatic rings. The highest BCUT2D eigenvalue weighted by atomic mass is 16.5. The Balaban J connectivity index is 2.29. The van der Waals surface area contributed by atoms with Gasteiger partial charge in [0.25, 0.3) is 5.91 Å². The zero-order chi connectivity index (χ0) is 17.2. The van der Waals surface area contributed by atoms with E-state index in [4.69, 9.17) is 9.84 Å². The Labute approximate surface area is 132 Å². The van der Waals surface area contributed by atoms with Gasteiger partial charge >= 0.3 is 11.9 Å². The summed E-state index contributed by atoms with van der Waals surface area (Å²) < 4.78 is 4.86. The maximum atomic E-state index is 11.8. The minimum absolute atomic E-state index is 0.124.